The Hall–Kier alpha value is -3.64. The lowest BCUT2D eigenvalue weighted by Gasteiger charge is -2.23. The van der Waals surface area contributed by atoms with E-state index in [1.165, 1.54) is 0 Å². The smallest absolute Gasteiger partial charge is 0.328 e. The molecule has 1 aliphatic heterocycles. The molecule has 1 heterocycles. The molecular formula is C26H20ClNO5. The van der Waals surface area contributed by atoms with Gasteiger partial charge in [-0.1, -0.05) is 29.8 Å². The van der Waals surface area contributed by atoms with Crippen LogP contribution in [0.15, 0.2) is 72.8 Å². The van der Waals surface area contributed by atoms with Crippen LogP contribution in [-0.2, 0) is 9.59 Å². The summed E-state index contributed by atoms with van der Waals surface area (Å²) in [6, 6.07) is 20.2. The Morgan fingerprint density at radius 2 is 1.67 bits per heavy atom. The Morgan fingerprint density at radius 1 is 1.00 bits per heavy atom. The lowest BCUT2D eigenvalue weighted by atomic mass is 9.86. The maximum absolute atomic E-state index is 13.8. The minimum atomic E-state index is -1.70. The summed E-state index contributed by atoms with van der Waals surface area (Å²) in [5.41, 5.74) is -1.52. The number of hydrogen-bond donors (Lipinski definition) is 1. The fraction of sp³-hybridized carbons (Fsp3) is 0.192. The van der Waals surface area contributed by atoms with E-state index in [9.17, 15) is 14.4 Å². The SMILES string of the molecule is COc1ccc(NC(=O)[C@]23C(=O)Oc4ccccc4[C@@H]2[C@]3(C)C(=O)c2ccc(Cl)cc2)cc1. The van der Waals surface area contributed by atoms with Gasteiger partial charge in [-0.3, -0.25) is 14.4 Å². The molecule has 1 N–H and O–H groups in total. The molecule has 3 atom stereocenters. The number of fused-ring (bicyclic) bond motifs is 3. The van der Waals surface area contributed by atoms with Crippen molar-refractivity contribution < 1.29 is 23.9 Å². The minimum absolute atomic E-state index is 0.317. The van der Waals surface area contributed by atoms with E-state index in [0.717, 1.165) is 0 Å². The fourth-order valence-corrected chi connectivity index (χ4v) is 5.19. The van der Waals surface area contributed by atoms with Gasteiger partial charge >= 0.3 is 5.97 Å². The van der Waals surface area contributed by atoms with Gasteiger partial charge in [-0.25, -0.2) is 0 Å². The van der Waals surface area contributed by atoms with Crippen LogP contribution in [0.5, 0.6) is 11.5 Å². The third kappa shape index (κ3) is 2.91. The van der Waals surface area contributed by atoms with Crippen molar-refractivity contribution in [3.8, 4) is 11.5 Å². The monoisotopic (exact) mass is 461 g/mol. The first-order valence-corrected chi connectivity index (χ1v) is 10.8. The Bertz CT molecular complexity index is 1290. The summed E-state index contributed by atoms with van der Waals surface area (Å²) < 4.78 is 10.7. The number of methoxy groups -OCH3 is 1. The van der Waals surface area contributed by atoms with Crippen LogP contribution in [-0.4, -0.2) is 24.8 Å². The van der Waals surface area contributed by atoms with E-state index in [1.807, 2.05) is 0 Å². The minimum Gasteiger partial charge on any atom is -0.497 e. The zero-order chi connectivity index (χ0) is 23.4. The predicted molar refractivity (Wildman–Crippen MR) is 123 cm³/mol. The molecule has 0 spiro atoms. The Balaban J connectivity index is 1.60. The molecule has 3 aromatic carbocycles. The van der Waals surface area contributed by atoms with Crippen molar-refractivity contribution >= 4 is 34.9 Å². The van der Waals surface area contributed by atoms with Gasteiger partial charge in [-0.15, -0.1) is 0 Å². The molecule has 0 aromatic heterocycles. The maximum atomic E-state index is 13.8. The Kier molecular flexibility index (Phi) is 4.79. The van der Waals surface area contributed by atoms with E-state index in [0.29, 0.717) is 33.3 Å². The van der Waals surface area contributed by atoms with Gasteiger partial charge in [0.25, 0.3) is 0 Å². The number of ketones is 1. The van der Waals surface area contributed by atoms with Crippen molar-refractivity contribution in [3.05, 3.63) is 88.9 Å². The van der Waals surface area contributed by atoms with Crippen LogP contribution in [0.2, 0.25) is 5.02 Å². The average Bonchev–Trinajstić information content (AvgIpc) is 3.43. The lowest BCUT2D eigenvalue weighted by molar-refractivity contribution is -0.147. The van der Waals surface area contributed by atoms with Gasteiger partial charge < -0.3 is 14.8 Å². The second kappa shape index (κ2) is 7.46. The molecule has 1 aliphatic carbocycles. The first-order valence-electron chi connectivity index (χ1n) is 10.4. The van der Waals surface area contributed by atoms with Gasteiger partial charge in [-0.2, -0.15) is 0 Å². The van der Waals surface area contributed by atoms with Crippen molar-refractivity contribution in [2.75, 3.05) is 12.4 Å². The number of hydrogen-bond acceptors (Lipinski definition) is 5. The highest BCUT2D eigenvalue weighted by Gasteiger charge is 2.88. The molecular weight excluding hydrogens is 442 g/mol. The predicted octanol–water partition coefficient (Wildman–Crippen LogP) is 4.88. The number of amides is 1. The zero-order valence-corrected chi connectivity index (χ0v) is 18.7. The number of halogens is 1. The number of nitrogens with one attached hydrogen (secondary N) is 1. The van der Waals surface area contributed by atoms with Crippen LogP contribution in [0.1, 0.15) is 28.8 Å². The summed E-state index contributed by atoms with van der Waals surface area (Å²) in [7, 11) is 1.55. The van der Waals surface area contributed by atoms with E-state index in [2.05, 4.69) is 5.32 Å². The molecule has 1 fully saturated rings. The molecule has 3 aromatic rings. The van der Waals surface area contributed by atoms with E-state index in [-0.39, 0.29) is 5.78 Å². The van der Waals surface area contributed by atoms with Crippen molar-refractivity contribution in [1.29, 1.82) is 0 Å². The normalized spacial score (nSPS) is 24.7. The van der Waals surface area contributed by atoms with Gasteiger partial charge in [0.2, 0.25) is 5.91 Å². The van der Waals surface area contributed by atoms with Crippen LogP contribution in [0.3, 0.4) is 0 Å². The van der Waals surface area contributed by atoms with Crippen molar-refractivity contribution in [1.82, 2.24) is 0 Å². The molecule has 1 saturated carbocycles. The highest BCUT2D eigenvalue weighted by atomic mass is 35.5. The number of anilines is 1. The third-order valence-electron chi connectivity index (χ3n) is 6.78. The number of rotatable bonds is 5. The summed E-state index contributed by atoms with van der Waals surface area (Å²) in [5.74, 6) is -1.30. The quantitative estimate of drug-likeness (QED) is 0.253. The molecule has 6 nitrogen and oxygen atoms in total. The summed E-state index contributed by atoms with van der Waals surface area (Å²) >= 11 is 5.99. The first-order chi connectivity index (χ1) is 15.8. The molecule has 2 aliphatic rings. The van der Waals surface area contributed by atoms with Gasteiger partial charge in [-0.05, 0) is 61.5 Å². The van der Waals surface area contributed by atoms with Crippen LogP contribution in [0.4, 0.5) is 5.69 Å². The van der Waals surface area contributed by atoms with Gasteiger partial charge in [0, 0.05) is 27.8 Å². The number of benzene rings is 3. The third-order valence-corrected chi connectivity index (χ3v) is 7.04. The molecule has 0 radical (unpaired) electrons. The first kappa shape index (κ1) is 21.2. The highest BCUT2D eigenvalue weighted by Crippen LogP contribution is 2.78. The molecule has 166 valence electrons. The molecule has 0 unspecified atom stereocenters. The Labute approximate surface area is 195 Å². The van der Waals surface area contributed by atoms with Gasteiger partial charge in [0.15, 0.2) is 11.2 Å². The van der Waals surface area contributed by atoms with E-state index < -0.39 is 28.6 Å². The number of para-hydroxylation sites is 1. The summed E-state index contributed by atoms with van der Waals surface area (Å²) in [5, 5.41) is 3.30. The van der Waals surface area contributed by atoms with E-state index in [4.69, 9.17) is 21.1 Å². The molecule has 0 saturated heterocycles. The molecule has 5 rings (SSSR count). The van der Waals surface area contributed by atoms with E-state index in [1.54, 1.807) is 86.8 Å². The van der Waals surface area contributed by atoms with Crippen molar-refractivity contribution in [2.24, 2.45) is 10.8 Å². The zero-order valence-electron chi connectivity index (χ0n) is 17.9. The van der Waals surface area contributed by atoms with Crippen molar-refractivity contribution in [3.63, 3.8) is 0 Å². The van der Waals surface area contributed by atoms with Crippen LogP contribution in [0.25, 0.3) is 0 Å². The number of ether oxygens (including phenoxy) is 2. The van der Waals surface area contributed by atoms with Crippen LogP contribution in [0, 0.1) is 10.8 Å². The Morgan fingerprint density at radius 3 is 2.33 bits per heavy atom. The topological polar surface area (TPSA) is 81.7 Å². The van der Waals surface area contributed by atoms with Crippen LogP contribution < -0.4 is 14.8 Å². The van der Waals surface area contributed by atoms with Gasteiger partial charge in [0.05, 0.1) is 12.5 Å². The molecule has 1 amide bonds. The molecule has 0 bridgehead atoms. The summed E-state index contributed by atoms with van der Waals surface area (Å²) in [6.07, 6.45) is 0. The molecule has 7 heteroatoms. The van der Waals surface area contributed by atoms with Crippen LogP contribution >= 0.6 is 11.6 Å². The van der Waals surface area contributed by atoms with Crippen molar-refractivity contribution in [2.45, 2.75) is 12.8 Å². The lowest BCUT2D eigenvalue weighted by Crippen LogP contribution is -2.42. The van der Waals surface area contributed by atoms with Gasteiger partial charge in [0.1, 0.15) is 11.5 Å². The molecule has 33 heavy (non-hydrogen) atoms. The number of carbonyl (C=O) groups is 3. The standard InChI is InChI=1S/C26H20ClNO5/c1-25(22(29)15-7-9-16(27)10-8-15)21-19-5-3-4-6-20(19)33-24(31)26(21,25)23(30)28-17-11-13-18(32-2)14-12-17/h3-14,21H,1-2H3,(H,28,30)/t21-,25-,26+/m1/s1. The second-order valence-electron chi connectivity index (χ2n) is 8.39. The largest absolute Gasteiger partial charge is 0.497 e. The fourth-order valence-electron chi connectivity index (χ4n) is 5.06. The maximum Gasteiger partial charge on any atom is 0.328 e. The highest BCUT2D eigenvalue weighted by molar-refractivity contribution is 6.30. The average molecular weight is 462 g/mol. The number of esters is 1. The van der Waals surface area contributed by atoms with E-state index >= 15 is 0 Å². The second-order valence-corrected chi connectivity index (χ2v) is 8.83. The number of Topliss-reactive ketones (excluding diaryl/α,β-unsaturated/α-hetero) is 1. The number of carbonyl (C=O) groups excluding carboxylic acids is 3. The summed E-state index contributed by atoms with van der Waals surface area (Å²) in [6.45, 7) is 1.66. The summed E-state index contributed by atoms with van der Waals surface area (Å²) in [4.78, 5) is 40.8.